The van der Waals surface area contributed by atoms with Crippen molar-refractivity contribution in [2.24, 2.45) is 5.92 Å². The number of esters is 1. The summed E-state index contributed by atoms with van der Waals surface area (Å²) in [7, 11) is 2.83. The van der Waals surface area contributed by atoms with Gasteiger partial charge in [0.15, 0.2) is 0 Å². The molecule has 2 unspecified atom stereocenters. The van der Waals surface area contributed by atoms with Crippen molar-refractivity contribution in [2.75, 3.05) is 20.7 Å². The van der Waals surface area contributed by atoms with Crippen LogP contribution in [0.3, 0.4) is 0 Å². The maximum atomic E-state index is 11.8. The summed E-state index contributed by atoms with van der Waals surface area (Å²) >= 11 is 0. The molecule has 0 spiro atoms. The molecule has 0 radical (unpaired) electrons. The van der Waals surface area contributed by atoms with Gasteiger partial charge in [-0.2, -0.15) is 0 Å². The summed E-state index contributed by atoms with van der Waals surface area (Å²) in [6.45, 7) is 2.09. The van der Waals surface area contributed by atoms with Crippen LogP contribution < -0.4 is 5.32 Å². The molecule has 0 aliphatic carbocycles. The molecule has 0 saturated carbocycles. The second-order valence-corrected chi connectivity index (χ2v) is 4.01. The van der Waals surface area contributed by atoms with Crippen molar-refractivity contribution in [1.29, 1.82) is 0 Å². The second kappa shape index (κ2) is 5.65. The van der Waals surface area contributed by atoms with Crippen LogP contribution in [-0.4, -0.2) is 49.4 Å². The summed E-state index contributed by atoms with van der Waals surface area (Å²) in [5.41, 5.74) is 0. The lowest BCUT2D eigenvalue weighted by molar-refractivity contribution is -0.145. The summed E-state index contributed by atoms with van der Waals surface area (Å²) in [6, 6.07) is -0.498. The average Bonchev–Trinajstić information content (AvgIpc) is 2.71. The molecular weight excluding hydrogens is 224 g/mol. The van der Waals surface area contributed by atoms with Crippen LogP contribution in [-0.2, 0) is 19.1 Å². The van der Waals surface area contributed by atoms with Crippen LogP contribution in [0, 0.1) is 5.92 Å². The quantitative estimate of drug-likeness (QED) is 0.676. The molecule has 1 aliphatic heterocycles. The molecule has 0 aromatic carbocycles. The van der Waals surface area contributed by atoms with Crippen LogP contribution in [0.2, 0.25) is 0 Å². The molecule has 0 aromatic rings. The summed E-state index contributed by atoms with van der Waals surface area (Å²) in [5.74, 6) is -1.22. The molecule has 6 heteroatoms. The molecular formula is C11H18N2O4. The molecule has 2 amide bonds. The zero-order valence-corrected chi connectivity index (χ0v) is 10.4. The van der Waals surface area contributed by atoms with E-state index in [2.05, 4.69) is 10.1 Å². The van der Waals surface area contributed by atoms with Gasteiger partial charge in [0.2, 0.25) is 11.8 Å². The van der Waals surface area contributed by atoms with E-state index in [-0.39, 0.29) is 24.8 Å². The van der Waals surface area contributed by atoms with Crippen LogP contribution in [0.25, 0.3) is 0 Å². The fourth-order valence-corrected chi connectivity index (χ4v) is 2.07. The Kier molecular flexibility index (Phi) is 4.48. The highest BCUT2D eigenvalue weighted by Crippen LogP contribution is 2.22. The van der Waals surface area contributed by atoms with Gasteiger partial charge in [-0.3, -0.25) is 14.4 Å². The Bertz CT molecular complexity index is 329. The van der Waals surface area contributed by atoms with E-state index in [1.54, 1.807) is 0 Å². The number of hydrogen-bond donors (Lipinski definition) is 1. The van der Waals surface area contributed by atoms with Gasteiger partial charge in [-0.05, 0) is 6.42 Å². The predicted molar refractivity (Wildman–Crippen MR) is 60.0 cm³/mol. The first-order valence-electron chi connectivity index (χ1n) is 5.64. The van der Waals surface area contributed by atoms with Gasteiger partial charge >= 0.3 is 5.97 Å². The molecule has 1 fully saturated rings. The van der Waals surface area contributed by atoms with Gasteiger partial charge in [-0.25, -0.2) is 0 Å². The highest BCUT2D eigenvalue weighted by Gasteiger charge is 2.39. The molecule has 2 atom stereocenters. The SMILES string of the molecule is CCC(C(=O)NC)N1CC(C(=O)OC)CC1=O. The molecule has 1 saturated heterocycles. The predicted octanol–water partition coefficient (Wildman–Crippen LogP) is -0.467. The molecule has 1 rings (SSSR count). The van der Waals surface area contributed by atoms with Gasteiger partial charge in [0, 0.05) is 20.0 Å². The van der Waals surface area contributed by atoms with E-state index in [1.165, 1.54) is 19.1 Å². The highest BCUT2D eigenvalue weighted by molar-refractivity contribution is 5.91. The maximum Gasteiger partial charge on any atom is 0.310 e. The Hall–Kier alpha value is -1.59. The summed E-state index contributed by atoms with van der Waals surface area (Å²) < 4.78 is 4.61. The number of amides is 2. The number of hydrogen-bond acceptors (Lipinski definition) is 4. The van der Waals surface area contributed by atoms with E-state index >= 15 is 0 Å². The molecule has 6 nitrogen and oxygen atoms in total. The molecule has 17 heavy (non-hydrogen) atoms. The Morgan fingerprint density at radius 2 is 2.24 bits per heavy atom. The summed E-state index contributed by atoms with van der Waals surface area (Å²) in [4.78, 5) is 36.2. The number of nitrogens with one attached hydrogen (secondary N) is 1. The van der Waals surface area contributed by atoms with Crippen LogP contribution in [0.4, 0.5) is 0 Å². The lowest BCUT2D eigenvalue weighted by Gasteiger charge is -2.25. The lowest BCUT2D eigenvalue weighted by Crippen LogP contribution is -2.46. The van der Waals surface area contributed by atoms with Crippen molar-refractivity contribution in [2.45, 2.75) is 25.8 Å². The zero-order chi connectivity index (χ0) is 13.0. The maximum absolute atomic E-state index is 11.8. The number of carbonyl (C=O) groups excluding carboxylic acids is 3. The van der Waals surface area contributed by atoms with E-state index in [0.29, 0.717) is 6.42 Å². The zero-order valence-electron chi connectivity index (χ0n) is 10.4. The van der Waals surface area contributed by atoms with Crippen molar-refractivity contribution in [3.63, 3.8) is 0 Å². The van der Waals surface area contributed by atoms with Gasteiger partial charge in [-0.15, -0.1) is 0 Å². The fourth-order valence-electron chi connectivity index (χ4n) is 2.07. The Morgan fingerprint density at radius 1 is 1.59 bits per heavy atom. The topological polar surface area (TPSA) is 75.7 Å². The number of likely N-dealkylation sites (tertiary alicyclic amines) is 1. The summed E-state index contributed by atoms with van der Waals surface area (Å²) in [6.07, 6.45) is 0.652. The van der Waals surface area contributed by atoms with Crippen molar-refractivity contribution in [3.05, 3.63) is 0 Å². The third-order valence-electron chi connectivity index (χ3n) is 3.00. The van der Waals surface area contributed by atoms with E-state index in [1.807, 2.05) is 6.92 Å². The van der Waals surface area contributed by atoms with Crippen LogP contribution in [0.5, 0.6) is 0 Å². The number of rotatable bonds is 4. The normalized spacial score (nSPS) is 21.2. The number of methoxy groups -OCH3 is 1. The first kappa shape index (κ1) is 13.5. The Labute approximate surface area is 100 Å². The molecule has 1 heterocycles. The second-order valence-electron chi connectivity index (χ2n) is 4.01. The first-order chi connectivity index (χ1) is 8.04. The lowest BCUT2D eigenvalue weighted by atomic mass is 10.1. The minimum atomic E-state index is -0.498. The number of ether oxygens (including phenoxy) is 1. The van der Waals surface area contributed by atoms with Crippen LogP contribution in [0.1, 0.15) is 19.8 Å². The van der Waals surface area contributed by atoms with Crippen molar-refractivity contribution >= 4 is 17.8 Å². The monoisotopic (exact) mass is 242 g/mol. The van der Waals surface area contributed by atoms with Crippen LogP contribution >= 0.6 is 0 Å². The summed E-state index contributed by atoms with van der Waals surface area (Å²) in [5, 5.41) is 2.52. The smallest absolute Gasteiger partial charge is 0.310 e. The molecule has 1 N–H and O–H groups in total. The Morgan fingerprint density at radius 3 is 2.71 bits per heavy atom. The molecule has 0 aromatic heterocycles. The highest BCUT2D eigenvalue weighted by atomic mass is 16.5. The van der Waals surface area contributed by atoms with E-state index < -0.39 is 17.9 Å². The van der Waals surface area contributed by atoms with Crippen molar-refractivity contribution < 1.29 is 19.1 Å². The number of nitrogens with zero attached hydrogens (tertiary/aromatic N) is 1. The molecule has 96 valence electrons. The van der Waals surface area contributed by atoms with Crippen LogP contribution in [0.15, 0.2) is 0 Å². The van der Waals surface area contributed by atoms with E-state index in [0.717, 1.165) is 0 Å². The third-order valence-corrected chi connectivity index (χ3v) is 3.00. The minimum absolute atomic E-state index is 0.125. The van der Waals surface area contributed by atoms with E-state index in [9.17, 15) is 14.4 Å². The van der Waals surface area contributed by atoms with Gasteiger partial charge in [0.05, 0.1) is 13.0 Å². The standard InChI is InChI=1S/C11H18N2O4/c1-4-8(10(15)12-2)13-6-7(5-9(13)14)11(16)17-3/h7-8H,4-6H2,1-3H3,(H,12,15). The van der Waals surface area contributed by atoms with E-state index in [4.69, 9.17) is 0 Å². The van der Waals surface area contributed by atoms with Gasteiger partial charge < -0.3 is 15.0 Å². The Balaban J connectivity index is 2.75. The fraction of sp³-hybridized carbons (Fsp3) is 0.727. The number of likely N-dealkylation sites (N-methyl/N-ethyl adjacent to an activating group) is 1. The third kappa shape index (κ3) is 2.75. The molecule has 0 bridgehead atoms. The molecule has 1 aliphatic rings. The number of carbonyl (C=O) groups is 3. The largest absolute Gasteiger partial charge is 0.469 e. The van der Waals surface area contributed by atoms with Gasteiger partial charge in [0.25, 0.3) is 0 Å². The van der Waals surface area contributed by atoms with Gasteiger partial charge in [0.1, 0.15) is 6.04 Å². The van der Waals surface area contributed by atoms with Crippen molar-refractivity contribution in [3.8, 4) is 0 Å². The van der Waals surface area contributed by atoms with Crippen molar-refractivity contribution in [1.82, 2.24) is 10.2 Å². The minimum Gasteiger partial charge on any atom is -0.469 e. The van der Waals surface area contributed by atoms with Gasteiger partial charge in [-0.1, -0.05) is 6.92 Å². The first-order valence-corrected chi connectivity index (χ1v) is 5.64. The average molecular weight is 242 g/mol.